The van der Waals surface area contributed by atoms with Crippen molar-refractivity contribution >= 4 is 35.8 Å². The van der Waals surface area contributed by atoms with Gasteiger partial charge in [-0.05, 0) is 60.0 Å². The van der Waals surface area contributed by atoms with Crippen LogP contribution in [0, 0.1) is 0 Å². The number of hydrogen-bond acceptors (Lipinski definition) is 5. The quantitative estimate of drug-likeness (QED) is 0.504. The lowest BCUT2D eigenvalue weighted by Gasteiger charge is -2.03. The molecule has 0 spiro atoms. The first-order valence-corrected chi connectivity index (χ1v) is 7.81. The summed E-state index contributed by atoms with van der Waals surface area (Å²) in [4.78, 5) is 12.5. The maximum absolute atomic E-state index is 11.6. The van der Waals surface area contributed by atoms with E-state index in [9.17, 15) is 4.79 Å². The summed E-state index contributed by atoms with van der Waals surface area (Å²) >= 11 is 6.96. The Morgan fingerprint density at radius 1 is 1.17 bits per heavy atom. The Balaban J connectivity index is 1.47. The minimum absolute atomic E-state index is 0.221. The molecule has 2 aromatic carbocycles. The third kappa shape index (κ3) is 4.30. The van der Waals surface area contributed by atoms with E-state index in [2.05, 4.69) is 15.2 Å². The summed E-state index contributed by atoms with van der Waals surface area (Å²) in [7, 11) is 0. The van der Waals surface area contributed by atoms with E-state index >= 15 is 0 Å². The van der Waals surface area contributed by atoms with E-state index in [0.29, 0.717) is 16.5 Å². The topological polar surface area (TPSA) is 72.0 Å². The summed E-state index contributed by atoms with van der Waals surface area (Å²) in [6, 6.07) is 12.1. The number of nitrogens with one attached hydrogen (secondary N) is 2. The molecule has 3 rings (SSSR count). The zero-order valence-electron chi connectivity index (χ0n) is 11.8. The van der Waals surface area contributed by atoms with Gasteiger partial charge in [-0.2, -0.15) is 5.10 Å². The zero-order valence-corrected chi connectivity index (χ0v) is 13.4. The van der Waals surface area contributed by atoms with E-state index in [0.717, 1.165) is 10.5 Å². The maximum Gasteiger partial charge on any atom is 0.345 e. The van der Waals surface area contributed by atoms with Crippen LogP contribution in [0.15, 0.2) is 52.5 Å². The molecule has 2 N–H and O–H groups in total. The lowest BCUT2D eigenvalue weighted by Crippen LogP contribution is -2.27. The number of carbonyl (C=O) groups excluding carboxylic acids is 1. The van der Waals surface area contributed by atoms with Gasteiger partial charge in [-0.25, -0.2) is 10.2 Å². The highest BCUT2D eigenvalue weighted by atomic mass is 35.5. The average Bonchev–Trinajstić information content (AvgIpc) is 3.02. The lowest BCUT2D eigenvalue weighted by atomic mass is 10.2. The fourth-order valence-corrected chi connectivity index (χ4v) is 2.44. The monoisotopic (exact) mass is 349 g/mol. The highest BCUT2D eigenvalue weighted by Crippen LogP contribution is 2.31. The number of benzene rings is 2. The Morgan fingerprint density at radius 2 is 1.96 bits per heavy atom. The zero-order chi connectivity index (χ0) is 16.1. The number of nitrogens with zero attached hydrogens (tertiary/aromatic N) is 1. The van der Waals surface area contributed by atoms with Gasteiger partial charge in [0.15, 0.2) is 11.5 Å². The second-order valence-corrected chi connectivity index (χ2v) is 5.79. The number of hydrogen-bond donors (Lipinski definition) is 2. The molecule has 1 aliphatic rings. The highest BCUT2D eigenvalue weighted by Gasteiger charge is 2.12. The van der Waals surface area contributed by atoms with E-state index in [1.165, 1.54) is 18.2 Å². The van der Waals surface area contributed by atoms with Gasteiger partial charge >= 0.3 is 6.03 Å². The van der Waals surface area contributed by atoms with Gasteiger partial charge < -0.3 is 9.47 Å². The molecule has 0 aromatic heterocycles. The minimum Gasteiger partial charge on any atom is -0.454 e. The molecule has 0 radical (unpaired) electrons. The van der Waals surface area contributed by atoms with Gasteiger partial charge in [0.25, 0.3) is 0 Å². The molecule has 118 valence electrons. The number of amides is 2. The number of halogens is 1. The van der Waals surface area contributed by atoms with Crippen molar-refractivity contribution in [3.63, 3.8) is 0 Å². The molecule has 1 aliphatic heterocycles. The number of ether oxygens (including phenoxy) is 2. The van der Waals surface area contributed by atoms with Crippen molar-refractivity contribution in [2.45, 2.75) is 4.90 Å². The van der Waals surface area contributed by atoms with Crippen molar-refractivity contribution in [1.29, 1.82) is 0 Å². The fraction of sp³-hybridized carbons (Fsp3) is 0.0667. The van der Waals surface area contributed by atoms with Crippen molar-refractivity contribution < 1.29 is 14.3 Å². The molecule has 0 aliphatic carbocycles. The summed E-state index contributed by atoms with van der Waals surface area (Å²) < 4.78 is 13.1. The molecule has 0 saturated carbocycles. The largest absolute Gasteiger partial charge is 0.454 e. The first-order chi connectivity index (χ1) is 11.2. The second-order valence-electron chi connectivity index (χ2n) is 4.47. The van der Waals surface area contributed by atoms with Crippen LogP contribution in [0.2, 0.25) is 5.02 Å². The van der Waals surface area contributed by atoms with Crippen LogP contribution in [0.5, 0.6) is 11.5 Å². The van der Waals surface area contributed by atoms with Crippen LogP contribution < -0.4 is 19.6 Å². The molecular formula is C15H12ClN3O3S. The van der Waals surface area contributed by atoms with Gasteiger partial charge in [0, 0.05) is 9.92 Å². The molecule has 6 nitrogen and oxygen atoms in total. The van der Waals surface area contributed by atoms with Crippen LogP contribution in [0.4, 0.5) is 4.79 Å². The standard InChI is InChI=1S/C15H12ClN3O3S/c16-11-2-4-12(5-3-11)23-19-15(20)18-17-8-10-1-6-13-14(7-10)22-9-21-13/h1-8H,9H2,(H2,18,19,20)/b17-8+. The van der Waals surface area contributed by atoms with E-state index in [1.54, 1.807) is 24.3 Å². The van der Waals surface area contributed by atoms with Crippen molar-refractivity contribution in [2.24, 2.45) is 5.10 Å². The number of fused-ring (bicyclic) bond motifs is 1. The summed E-state index contributed by atoms with van der Waals surface area (Å²) in [5.41, 5.74) is 3.17. The third-order valence-corrected chi connectivity index (χ3v) is 3.90. The molecule has 0 bridgehead atoms. The lowest BCUT2D eigenvalue weighted by molar-refractivity contribution is 0.174. The maximum atomic E-state index is 11.6. The number of rotatable bonds is 4. The predicted octanol–water partition coefficient (Wildman–Crippen LogP) is 3.41. The molecule has 2 amide bonds. The number of carbonyl (C=O) groups is 1. The van der Waals surface area contributed by atoms with Gasteiger partial charge in [0.05, 0.1) is 6.21 Å². The van der Waals surface area contributed by atoms with Crippen LogP contribution in [0.3, 0.4) is 0 Å². The van der Waals surface area contributed by atoms with Crippen molar-refractivity contribution in [3.8, 4) is 11.5 Å². The molecule has 0 unspecified atom stereocenters. The van der Waals surface area contributed by atoms with Gasteiger partial charge in [-0.3, -0.25) is 4.72 Å². The Labute approximate surface area is 141 Å². The average molecular weight is 350 g/mol. The van der Waals surface area contributed by atoms with E-state index in [4.69, 9.17) is 21.1 Å². The number of hydrazone groups is 1. The SMILES string of the molecule is O=C(N/N=C/c1ccc2c(c1)OCO2)NSc1ccc(Cl)cc1. The fourth-order valence-electron chi connectivity index (χ4n) is 1.79. The Morgan fingerprint density at radius 3 is 2.78 bits per heavy atom. The van der Waals surface area contributed by atoms with Crippen LogP contribution in [-0.4, -0.2) is 19.0 Å². The molecule has 8 heteroatoms. The summed E-state index contributed by atoms with van der Waals surface area (Å²) in [5, 5.41) is 4.52. The molecule has 1 heterocycles. The summed E-state index contributed by atoms with van der Waals surface area (Å²) in [5.74, 6) is 1.36. The van der Waals surface area contributed by atoms with Crippen molar-refractivity contribution in [3.05, 3.63) is 53.1 Å². The van der Waals surface area contributed by atoms with E-state index in [1.807, 2.05) is 18.2 Å². The minimum atomic E-state index is -0.429. The first kappa shape index (κ1) is 15.5. The second kappa shape index (κ2) is 7.26. The third-order valence-electron chi connectivity index (χ3n) is 2.85. The Hall–Kier alpha value is -2.38. The van der Waals surface area contributed by atoms with Gasteiger partial charge in [-0.1, -0.05) is 11.6 Å². The molecule has 0 fully saturated rings. The van der Waals surface area contributed by atoms with Crippen LogP contribution in [0.25, 0.3) is 0 Å². The van der Waals surface area contributed by atoms with Crippen molar-refractivity contribution in [1.82, 2.24) is 10.1 Å². The first-order valence-electron chi connectivity index (χ1n) is 6.62. The Bertz CT molecular complexity index is 737. The van der Waals surface area contributed by atoms with Crippen LogP contribution >= 0.6 is 23.5 Å². The van der Waals surface area contributed by atoms with E-state index < -0.39 is 6.03 Å². The normalized spacial score (nSPS) is 12.4. The smallest absolute Gasteiger partial charge is 0.345 e. The summed E-state index contributed by atoms with van der Waals surface area (Å²) in [6.07, 6.45) is 1.52. The highest BCUT2D eigenvalue weighted by molar-refractivity contribution is 7.98. The molecular weight excluding hydrogens is 338 g/mol. The van der Waals surface area contributed by atoms with Crippen LogP contribution in [-0.2, 0) is 0 Å². The molecule has 23 heavy (non-hydrogen) atoms. The predicted molar refractivity (Wildman–Crippen MR) is 89.1 cm³/mol. The van der Waals surface area contributed by atoms with Crippen molar-refractivity contribution in [2.75, 3.05) is 6.79 Å². The molecule has 0 saturated heterocycles. The van der Waals surface area contributed by atoms with Gasteiger partial charge in [-0.15, -0.1) is 0 Å². The number of urea groups is 1. The van der Waals surface area contributed by atoms with Gasteiger partial charge in [0.2, 0.25) is 6.79 Å². The Kier molecular flexibility index (Phi) is 4.89. The van der Waals surface area contributed by atoms with Crippen LogP contribution in [0.1, 0.15) is 5.56 Å². The molecule has 2 aromatic rings. The van der Waals surface area contributed by atoms with E-state index in [-0.39, 0.29) is 6.79 Å². The van der Waals surface area contributed by atoms with Gasteiger partial charge in [0.1, 0.15) is 0 Å². The molecule has 0 atom stereocenters. The summed E-state index contributed by atoms with van der Waals surface area (Å²) in [6.45, 7) is 0.221.